The summed E-state index contributed by atoms with van der Waals surface area (Å²) in [7, 11) is 3.17. The van der Waals surface area contributed by atoms with Gasteiger partial charge < -0.3 is 9.47 Å². The number of aryl methyl sites for hydroxylation is 1. The highest BCUT2D eigenvalue weighted by atomic mass is 16.5. The summed E-state index contributed by atoms with van der Waals surface area (Å²) in [6, 6.07) is 21.4. The number of hydrogen-bond acceptors (Lipinski definition) is 3. The van der Waals surface area contributed by atoms with E-state index in [1.807, 2.05) is 67.6 Å². The first-order chi connectivity index (χ1) is 13.1. The van der Waals surface area contributed by atoms with E-state index in [-0.39, 0.29) is 5.78 Å². The number of hydrogen-bond donors (Lipinski definition) is 0. The molecule has 0 N–H and O–H groups in total. The van der Waals surface area contributed by atoms with Crippen LogP contribution in [0.3, 0.4) is 0 Å². The Hall–Kier alpha value is -3.33. The maximum Gasteiger partial charge on any atom is 0.189 e. The molecule has 0 atom stereocenters. The van der Waals surface area contributed by atoms with Gasteiger partial charge in [-0.05, 0) is 30.2 Å². The lowest BCUT2D eigenvalue weighted by molar-refractivity contribution is 0.104. The Morgan fingerprint density at radius 1 is 0.852 bits per heavy atom. The molecule has 0 heterocycles. The minimum atomic E-state index is -0.119. The molecule has 3 rings (SSSR count). The van der Waals surface area contributed by atoms with E-state index in [4.69, 9.17) is 9.47 Å². The molecule has 27 heavy (non-hydrogen) atoms. The molecule has 136 valence electrons. The van der Waals surface area contributed by atoms with Gasteiger partial charge in [-0.3, -0.25) is 4.79 Å². The lowest BCUT2D eigenvalue weighted by Gasteiger charge is -2.14. The molecule has 0 aliphatic rings. The van der Waals surface area contributed by atoms with Gasteiger partial charge in [0.05, 0.1) is 19.8 Å². The Balaban J connectivity index is 2.03. The second kappa shape index (κ2) is 8.37. The number of carbonyl (C=O) groups excluding carboxylic acids is 1. The number of rotatable bonds is 6. The van der Waals surface area contributed by atoms with E-state index in [0.717, 1.165) is 16.7 Å². The molecule has 0 aromatic heterocycles. The molecule has 0 bridgehead atoms. The molecule has 0 radical (unpaired) electrons. The number of ketones is 1. The highest BCUT2D eigenvalue weighted by Gasteiger charge is 2.16. The van der Waals surface area contributed by atoms with Crippen molar-refractivity contribution in [2.24, 2.45) is 0 Å². The Labute approximate surface area is 159 Å². The zero-order valence-corrected chi connectivity index (χ0v) is 15.7. The number of ether oxygens (including phenoxy) is 2. The summed E-state index contributed by atoms with van der Waals surface area (Å²) in [6.07, 6.45) is 3.37. The van der Waals surface area contributed by atoms with Gasteiger partial charge in [-0.1, -0.05) is 66.2 Å². The highest BCUT2D eigenvalue weighted by Crippen LogP contribution is 2.36. The Morgan fingerprint density at radius 2 is 1.52 bits per heavy atom. The van der Waals surface area contributed by atoms with Crippen LogP contribution < -0.4 is 9.47 Å². The van der Waals surface area contributed by atoms with Crippen molar-refractivity contribution >= 4 is 11.9 Å². The zero-order valence-electron chi connectivity index (χ0n) is 15.7. The first-order valence-electron chi connectivity index (χ1n) is 8.73. The number of benzene rings is 3. The van der Waals surface area contributed by atoms with Crippen LogP contribution in [0, 0.1) is 6.92 Å². The molecular formula is C24H22O3. The summed E-state index contributed by atoms with van der Waals surface area (Å²) in [6.45, 7) is 2.04. The van der Waals surface area contributed by atoms with Crippen molar-refractivity contribution in [3.05, 3.63) is 89.5 Å². The number of allylic oxidation sites excluding steroid dienone is 1. The largest absolute Gasteiger partial charge is 0.496 e. The Morgan fingerprint density at radius 3 is 2.15 bits per heavy atom. The van der Waals surface area contributed by atoms with E-state index in [1.165, 1.54) is 5.56 Å². The van der Waals surface area contributed by atoms with Crippen molar-refractivity contribution in [3.8, 4) is 22.6 Å². The average molecular weight is 358 g/mol. The van der Waals surface area contributed by atoms with Crippen molar-refractivity contribution in [2.45, 2.75) is 6.92 Å². The molecule has 0 saturated heterocycles. The van der Waals surface area contributed by atoms with E-state index < -0.39 is 0 Å². The quantitative estimate of drug-likeness (QED) is 0.426. The molecule has 0 fully saturated rings. The lowest BCUT2D eigenvalue weighted by atomic mass is 9.98. The summed E-state index contributed by atoms with van der Waals surface area (Å²) in [4.78, 5) is 12.8. The maximum absolute atomic E-state index is 12.8. The van der Waals surface area contributed by atoms with Crippen LogP contribution in [0.15, 0.2) is 72.8 Å². The highest BCUT2D eigenvalue weighted by molar-refractivity contribution is 6.09. The maximum atomic E-state index is 12.8. The van der Waals surface area contributed by atoms with Crippen molar-refractivity contribution < 1.29 is 14.3 Å². The van der Waals surface area contributed by atoms with Crippen LogP contribution in [0.2, 0.25) is 0 Å². The fourth-order valence-electron chi connectivity index (χ4n) is 2.88. The fourth-order valence-corrected chi connectivity index (χ4v) is 2.88. The normalized spacial score (nSPS) is 10.8. The van der Waals surface area contributed by atoms with Crippen molar-refractivity contribution in [3.63, 3.8) is 0 Å². The van der Waals surface area contributed by atoms with E-state index in [0.29, 0.717) is 17.1 Å². The Bertz CT molecular complexity index is 955. The zero-order chi connectivity index (χ0) is 19.2. The van der Waals surface area contributed by atoms with Gasteiger partial charge in [0.15, 0.2) is 5.78 Å². The molecule has 0 spiro atoms. The second-order valence-corrected chi connectivity index (χ2v) is 6.23. The van der Waals surface area contributed by atoms with Crippen LogP contribution in [0.1, 0.15) is 21.5 Å². The molecule has 3 aromatic rings. The molecule has 0 aliphatic heterocycles. The predicted molar refractivity (Wildman–Crippen MR) is 110 cm³/mol. The van der Waals surface area contributed by atoms with Crippen LogP contribution in [0.5, 0.6) is 11.5 Å². The van der Waals surface area contributed by atoms with Crippen molar-refractivity contribution in [1.82, 2.24) is 0 Å². The van der Waals surface area contributed by atoms with E-state index >= 15 is 0 Å². The van der Waals surface area contributed by atoms with Gasteiger partial charge in [-0.25, -0.2) is 0 Å². The van der Waals surface area contributed by atoms with E-state index in [9.17, 15) is 4.79 Å². The third-order valence-electron chi connectivity index (χ3n) is 4.38. The monoisotopic (exact) mass is 358 g/mol. The summed E-state index contributed by atoms with van der Waals surface area (Å²) in [5.74, 6) is 1.04. The van der Waals surface area contributed by atoms with Crippen molar-refractivity contribution in [1.29, 1.82) is 0 Å². The topological polar surface area (TPSA) is 35.5 Å². The van der Waals surface area contributed by atoms with Gasteiger partial charge in [0.2, 0.25) is 0 Å². The summed E-state index contributed by atoms with van der Waals surface area (Å²) in [5.41, 5.74) is 4.49. The molecule has 3 aromatic carbocycles. The molecule has 0 aliphatic carbocycles. The van der Waals surface area contributed by atoms with E-state index in [1.54, 1.807) is 32.4 Å². The van der Waals surface area contributed by atoms with Gasteiger partial charge in [0, 0.05) is 11.6 Å². The van der Waals surface area contributed by atoms with E-state index in [2.05, 4.69) is 0 Å². The van der Waals surface area contributed by atoms with Crippen LogP contribution >= 0.6 is 0 Å². The average Bonchev–Trinajstić information content (AvgIpc) is 2.72. The van der Waals surface area contributed by atoms with Gasteiger partial charge in [0.25, 0.3) is 0 Å². The molecule has 0 saturated carbocycles. The molecule has 3 nitrogen and oxygen atoms in total. The van der Waals surface area contributed by atoms with Gasteiger partial charge in [-0.2, -0.15) is 0 Å². The van der Waals surface area contributed by atoms with Crippen LogP contribution in [-0.4, -0.2) is 20.0 Å². The molecular weight excluding hydrogens is 336 g/mol. The first-order valence-corrected chi connectivity index (χ1v) is 8.73. The Kier molecular flexibility index (Phi) is 5.72. The standard InChI is InChI=1S/C24H22O3/c1-17-9-12-19(13-10-17)20-15-21(24(27-3)16-23(20)26-2)22(25)14-11-18-7-5-4-6-8-18/h4-16H,1-3H3/b14-11+. The van der Waals surface area contributed by atoms with Gasteiger partial charge >= 0.3 is 0 Å². The summed E-state index contributed by atoms with van der Waals surface area (Å²) in [5, 5.41) is 0. The SMILES string of the molecule is COc1cc(OC)c(-c2ccc(C)cc2)cc1C(=O)/C=C/c1ccccc1. The third-order valence-corrected chi connectivity index (χ3v) is 4.38. The lowest BCUT2D eigenvalue weighted by Crippen LogP contribution is -2.01. The van der Waals surface area contributed by atoms with Crippen LogP contribution in [0.25, 0.3) is 17.2 Å². The van der Waals surface area contributed by atoms with Crippen molar-refractivity contribution in [2.75, 3.05) is 14.2 Å². The van der Waals surface area contributed by atoms with Crippen LogP contribution in [-0.2, 0) is 0 Å². The smallest absolute Gasteiger partial charge is 0.189 e. The first kappa shape index (κ1) is 18.5. The predicted octanol–water partition coefficient (Wildman–Crippen LogP) is 5.58. The molecule has 3 heteroatoms. The van der Waals surface area contributed by atoms with Crippen LogP contribution in [0.4, 0.5) is 0 Å². The fraction of sp³-hybridized carbons (Fsp3) is 0.125. The number of carbonyl (C=O) groups is 1. The van der Waals surface area contributed by atoms with Gasteiger partial charge in [-0.15, -0.1) is 0 Å². The molecule has 0 amide bonds. The molecule has 0 unspecified atom stereocenters. The minimum Gasteiger partial charge on any atom is -0.496 e. The third kappa shape index (κ3) is 4.26. The number of methoxy groups -OCH3 is 2. The second-order valence-electron chi connectivity index (χ2n) is 6.23. The summed E-state index contributed by atoms with van der Waals surface area (Å²) < 4.78 is 11.0. The van der Waals surface area contributed by atoms with Gasteiger partial charge in [0.1, 0.15) is 11.5 Å². The minimum absolute atomic E-state index is 0.119. The summed E-state index contributed by atoms with van der Waals surface area (Å²) >= 11 is 0.